The third-order valence-electron chi connectivity index (χ3n) is 6.31. The number of hydrogen-bond acceptors (Lipinski definition) is 1. The minimum absolute atomic E-state index is 0.0734. The molecule has 1 aliphatic heterocycles. The largest absolute Gasteiger partial charge is 0.341 e. The first kappa shape index (κ1) is 15.4. The molecule has 3 heteroatoms. The Bertz CT molecular complexity index is 904. The van der Waals surface area contributed by atoms with Crippen LogP contribution in [0.2, 0.25) is 0 Å². The van der Waals surface area contributed by atoms with Gasteiger partial charge in [0.2, 0.25) is 0 Å². The second kappa shape index (κ2) is 5.57. The standard InChI is InChI=1S/C22H25FN2/c1-14-3-8-20-18(11-14)19-13-24(2)10-9-21(19)25(20)22-12-17(22)15-4-6-16(23)7-5-15/h3-4,6-8,11,15,17,22H,5,9-10,12-13H2,1-2H3/t15?,17-,22-/m0/s1. The predicted molar refractivity (Wildman–Crippen MR) is 100 cm³/mol. The molecule has 5 rings (SSSR count). The van der Waals surface area contributed by atoms with Crippen LogP contribution in [0.3, 0.4) is 0 Å². The molecule has 1 aromatic heterocycles. The molecule has 1 unspecified atom stereocenters. The molecule has 130 valence electrons. The molecular weight excluding hydrogens is 311 g/mol. The lowest BCUT2D eigenvalue weighted by molar-refractivity contribution is 0.308. The molecule has 0 saturated heterocycles. The second-order valence-corrected chi connectivity index (χ2v) is 8.12. The molecule has 0 radical (unpaired) electrons. The monoisotopic (exact) mass is 336 g/mol. The fraction of sp³-hybridized carbons (Fsp3) is 0.455. The summed E-state index contributed by atoms with van der Waals surface area (Å²) in [6, 6.07) is 7.50. The zero-order chi connectivity index (χ0) is 17.1. The van der Waals surface area contributed by atoms with E-state index in [4.69, 9.17) is 0 Å². The number of halogens is 1. The van der Waals surface area contributed by atoms with Crippen LogP contribution in [0.25, 0.3) is 10.9 Å². The van der Waals surface area contributed by atoms with Gasteiger partial charge in [-0.1, -0.05) is 17.7 Å². The van der Waals surface area contributed by atoms with Crippen molar-refractivity contribution in [2.45, 2.75) is 38.8 Å². The number of hydrogen-bond donors (Lipinski definition) is 0. The first-order chi connectivity index (χ1) is 12.1. The van der Waals surface area contributed by atoms with Gasteiger partial charge in [0.1, 0.15) is 5.83 Å². The smallest absolute Gasteiger partial charge is 0.118 e. The van der Waals surface area contributed by atoms with Crippen LogP contribution in [-0.2, 0) is 13.0 Å². The van der Waals surface area contributed by atoms with Crippen molar-refractivity contribution in [2.24, 2.45) is 11.8 Å². The van der Waals surface area contributed by atoms with E-state index < -0.39 is 0 Å². The van der Waals surface area contributed by atoms with Gasteiger partial charge in [-0.3, -0.25) is 0 Å². The number of allylic oxidation sites excluding steroid dienone is 4. The van der Waals surface area contributed by atoms with Crippen LogP contribution >= 0.6 is 0 Å². The number of aryl methyl sites for hydroxylation is 1. The van der Waals surface area contributed by atoms with E-state index >= 15 is 0 Å². The third-order valence-corrected chi connectivity index (χ3v) is 6.31. The molecule has 25 heavy (non-hydrogen) atoms. The van der Waals surface area contributed by atoms with Gasteiger partial charge in [-0.2, -0.15) is 0 Å². The molecular formula is C22H25FN2. The second-order valence-electron chi connectivity index (χ2n) is 8.12. The number of fused-ring (bicyclic) bond motifs is 3. The van der Waals surface area contributed by atoms with Gasteiger partial charge in [0, 0.05) is 42.1 Å². The first-order valence-electron chi connectivity index (χ1n) is 9.46. The number of nitrogens with zero attached hydrogens (tertiary/aromatic N) is 2. The summed E-state index contributed by atoms with van der Waals surface area (Å²) in [5, 5.41) is 1.44. The van der Waals surface area contributed by atoms with Crippen molar-refractivity contribution in [1.82, 2.24) is 9.47 Å². The number of rotatable bonds is 2. The van der Waals surface area contributed by atoms with Crippen molar-refractivity contribution < 1.29 is 4.39 Å². The van der Waals surface area contributed by atoms with Gasteiger partial charge in [0.15, 0.2) is 0 Å². The number of benzene rings is 1. The van der Waals surface area contributed by atoms with Gasteiger partial charge in [-0.05, 0) is 68.5 Å². The lowest BCUT2D eigenvalue weighted by Gasteiger charge is -2.24. The van der Waals surface area contributed by atoms with Gasteiger partial charge in [0.25, 0.3) is 0 Å². The quantitative estimate of drug-likeness (QED) is 0.755. The third kappa shape index (κ3) is 2.48. The van der Waals surface area contributed by atoms with Gasteiger partial charge in [-0.15, -0.1) is 0 Å². The summed E-state index contributed by atoms with van der Waals surface area (Å²) < 4.78 is 15.9. The van der Waals surface area contributed by atoms with Gasteiger partial charge in [-0.25, -0.2) is 4.39 Å². The van der Waals surface area contributed by atoms with E-state index in [0.717, 1.165) is 25.9 Å². The van der Waals surface area contributed by atoms with Gasteiger partial charge >= 0.3 is 0 Å². The lowest BCUT2D eigenvalue weighted by Crippen LogP contribution is -2.27. The molecule has 0 N–H and O–H groups in total. The molecule has 3 atom stereocenters. The number of aromatic nitrogens is 1. The molecule has 3 aliphatic rings. The van der Waals surface area contributed by atoms with Gasteiger partial charge < -0.3 is 9.47 Å². The highest BCUT2D eigenvalue weighted by Crippen LogP contribution is 2.53. The Morgan fingerprint density at radius 3 is 2.92 bits per heavy atom. The lowest BCUT2D eigenvalue weighted by atomic mass is 9.95. The zero-order valence-corrected chi connectivity index (χ0v) is 15.0. The summed E-state index contributed by atoms with van der Waals surface area (Å²) in [6.07, 6.45) is 8.72. The van der Waals surface area contributed by atoms with Gasteiger partial charge in [0.05, 0.1) is 0 Å². The molecule has 2 aliphatic carbocycles. The van der Waals surface area contributed by atoms with Crippen LogP contribution in [0, 0.1) is 18.8 Å². The SMILES string of the molecule is Cc1ccc2c(c1)c1c(n2[C@H]2C[C@H]2C2C=CC(F)=CC2)CCN(C)C1. The van der Waals surface area contributed by atoms with Crippen molar-refractivity contribution in [1.29, 1.82) is 0 Å². The van der Waals surface area contributed by atoms with E-state index in [2.05, 4.69) is 47.7 Å². The maximum Gasteiger partial charge on any atom is 0.118 e. The normalized spacial score (nSPS) is 28.9. The molecule has 1 fully saturated rings. The molecule has 1 aromatic carbocycles. The van der Waals surface area contributed by atoms with E-state index in [9.17, 15) is 4.39 Å². The Kier molecular flexibility index (Phi) is 3.43. The van der Waals surface area contributed by atoms with Crippen molar-refractivity contribution in [2.75, 3.05) is 13.6 Å². The highest BCUT2D eigenvalue weighted by Gasteiger charge is 2.45. The molecule has 2 heterocycles. The minimum atomic E-state index is -0.0734. The molecule has 0 bridgehead atoms. The average molecular weight is 336 g/mol. The Morgan fingerprint density at radius 2 is 2.12 bits per heavy atom. The van der Waals surface area contributed by atoms with Crippen LogP contribution in [0.1, 0.15) is 35.7 Å². The summed E-state index contributed by atoms with van der Waals surface area (Å²) in [6.45, 7) is 4.37. The Balaban J connectivity index is 1.55. The molecule has 2 nitrogen and oxygen atoms in total. The zero-order valence-electron chi connectivity index (χ0n) is 15.0. The minimum Gasteiger partial charge on any atom is -0.341 e. The highest BCUT2D eigenvalue weighted by molar-refractivity contribution is 5.87. The fourth-order valence-corrected chi connectivity index (χ4v) is 4.91. The van der Waals surface area contributed by atoms with Crippen molar-refractivity contribution in [3.8, 4) is 0 Å². The molecule has 0 amide bonds. The van der Waals surface area contributed by atoms with E-state index in [1.165, 1.54) is 28.5 Å². The van der Waals surface area contributed by atoms with Crippen LogP contribution in [0.5, 0.6) is 0 Å². The molecule has 1 saturated carbocycles. The highest BCUT2D eigenvalue weighted by atomic mass is 19.1. The Labute approximate surface area is 148 Å². The van der Waals surface area contributed by atoms with Crippen LogP contribution in [-0.4, -0.2) is 23.1 Å². The average Bonchev–Trinajstić information content (AvgIpc) is 3.32. The summed E-state index contributed by atoms with van der Waals surface area (Å²) in [5.41, 5.74) is 5.82. The summed E-state index contributed by atoms with van der Waals surface area (Å²) >= 11 is 0. The topological polar surface area (TPSA) is 8.17 Å². The first-order valence-corrected chi connectivity index (χ1v) is 9.46. The summed E-state index contributed by atoms with van der Waals surface area (Å²) in [7, 11) is 2.22. The van der Waals surface area contributed by atoms with Crippen LogP contribution in [0.15, 0.2) is 42.3 Å². The van der Waals surface area contributed by atoms with E-state index in [1.807, 2.05) is 0 Å². The fourth-order valence-electron chi connectivity index (χ4n) is 4.91. The van der Waals surface area contributed by atoms with E-state index in [1.54, 1.807) is 17.8 Å². The number of likely N-dealkylation sites (N-methyl/N-ethyl adjacent to an activating group) is 1. The molecule has 0 spiro atoms. The van der Waals surface area contributed by atoms with Crippen molar-refractivity contribution in [3.63, 3.8) is 0 Å². The van der Waals surface area contributed by atoms with Crippen molar-refractivity contribution >= 4 is 10.9 Å². The predicted octanol–water partition coefficient (Wildman–Crippen LogP) is 4.93. The Hall–Kier alpha value is -1.87. The Morgan fingerprint density at radius 1 is 1.24 bits per heavy atom. The molecule has 2 aromatic rings. The maximum atomic E-state index is 13.3. The van der Waals surface area contributed by atoms with Crippen LogP contribution in [0.4, 0.5) is 4.39 Å². The maximum absolute atomic E-state index is 13.3. The van der Waals surface area contributed by atoms with Crippen molar-refractivity contribution in [3.05, 3.63) is 59.1 Å². The summed E-state index contributed by atoms with van der Waals surface area (Å²) in [4.78, 5) is 2.43. The summed E-state index contributed by atoms with van der Waals surface area (Å²) in [5.74, 6) is 1.08. The van der Waals surface area contributed by atoms with Crippen LogP contribution < -0.4 is 0 Å². The van der Waals surface area contributed by atoms with E-state index in [0.29, 0.717) is 17.9 Å². The van der Waals surface area contributed by atoms with E-state index in [-0.39, 0.29) is 5.83 Å².